The minimum atomic E-state index is -0.974. The fourth-order valence-electron chi connectivity index (χ4n) is 1.54. The van der Waals surface area contributed by atoms with Gasteiger partial charge in [-0.05, 0) is 24.0 Å². The van der Waals surface area contributed by atoms with Gasteiger partial charge in [0.25, 0.3) is 0 Å². The van der Waals surface area contributed by atoms with Crippen LogP contribution in [0.25, 0.3) is 0 Å². The monoisotopic (exact) mass is 295 g/mol. The zero-order valence-corrected chi connectivity index (χ0v) is 12.4. The molecule has 104 valence electrons. The van der Waals surface area contributed by atoms with Crippen molar-refractivity contribution in [2.45, 2.75) is 39.3 Å². The standard InChI is InChI=1S/C13H19ClFNO.ClH/c1-13(2,3)11(16)7-10(17)12-8(14)5-4-6-9(12)15;/h4-6,10-11,17H,7,16H2,1-3H3;1H/t10-,11+;/m1./s1. The zero-order chi connectivity index (χ0) is 13.2. The SMILES string of the molecule is CC(C)(C)[C@@H](N)C[C@@H](O)c1c(F)cccc1Cl.Cl. The van der Waals surface area contributed by atoms with E-state index in [0.29, 0.717) is 0 Å². The van der Waals surface area contributed by atoms with E-state index in [2.05, 4.69) is 0 Å². The zero-order valence-electron chi connectivity index (χ0n) is 10.8. The number of rotatable bonds is 3. The van der Waals surface area contributed by atoms with Crippen molar-refractivity contribution < 1.29 is 9.50 Å². The molecule has 0 aliphatic heterocycles. The van der Waals surface area contributed by atoms with Crippen LogP contribution in [0.15, 0.2) is 18.2 Å². The lowest BCUT2D eigenvalue weighted by atomic mass is 9.83. The maximum Gasteiger partial charge on any atom is 0.130 e. The Hall–Kier alpha value is -0.350. The highest BCUT2D eigenvalue weighted by Crippen LogP contribution is 2.31. The van der Waals surface area contributed by atoms with E-state index < -0.39 is 11.9 Å². The smallest absolute Gasteiger partial charge is 0.130 e. The fourth-order valence-corrected chi connectivity index (χ4v) is 1.83. The Morgan fingerprint density at radius 1 is 1.39 bits per heavy atom. The molecule has 2 nitrogen and oxygen atoms in total. The van der Waals surface area contributed by atoms with Crippen LogP contribution in [0.1, 0.15) is 38.9 Å². The average molecular weight is 296 g/mol. The van der Waals surface area contributed by atoms with Crippen LogP contribution in [0.4, 0.5) is 4.39 Å². The van der Waals surface area contributed by atoms with Crippen molar-refractivity contribution in [1.82, 2.24) is 0 Å². The maximum atomic E-state index is 13.6. The number of hydrogen-bond donors (Lipinski definition) is 2. The van der Waals surface area contributed by atoms with E-state index >= 15 is 0 Å². The van der Waals surface area contributed by atoms with E-state index in [0.717, 1.165) is 0 Å². The lowest BCUT2D eigenvalue weighted by Gasteiger charge is -2.29. The third-order valence-corrected chi connectivity index (χ3v) is 3.25. The lowest BCUT2D eigenvalue weighted by Crippen LogP contribution is -2.36. The predicted octanol–water partition coefficient (Wildman–Crippen LogP) is 3.70. The molecule has 3 N–H and O–H groups in total. The average Bonchev–Trinajstić information content (AvgIpc) is 2.15. The van der Waals surface area contributed by atoms with E-state index in [9.17, 15) is 9.50 Å². The van der Waals surface area contributed by atoms with E-state index in [-0.39, 0.29) is 40.9 Å². The molecular formula is C13H20Cl2FNO. The number of benzene rings is 1. The minimum absolute atomic E-state index is 0. The molecule has 0 radical (unpaired) electrons. The fraction of sp³-hybridized carbons (Fsp3) is 0.538. The van der Waals surface area contributed by atoms with Crippen molar-refractivity contribution >= 4 is 24.0 Å². The van der Waals surface area contributed by atoms with Crippen LogP contribution in [0, 0.1) is 11.2 Å². The summed E-state index contributed by atoms with van der Waals surface area (Å²) in [6.45, 7) is 5.94. The van der Waals surface area contributed by atoms with Crippen molar-refractivity contribution in [3.05, 3.63) is 34.6 Å². The molecule has 5 heteroatoms. The first-order valence-electron chi connectivity index (χ1n) is 5.61. The molecule has 0 amide bonds. The van der Waals surface area contributed by atoms with Gasteiger partial charge in [0.15, 0.2) is 0 Å². The molecule has 0 saturated heterocycles. The van der Waals surface area contributed by atoms with Crippen LogP contribution in [0.3, 0.4) is 0 Å². The van der Waals surface area contributed by atoms with Crippen LogP contribution < -0.4 is 5.73 Å². The van der Waals surface area contributed by atoms with Crippen molar-refractivity contribution in [3.63, 3.8) is 0 Å². The van der Waals surface area contributed by atoms with Gasteiger partial charge in [-0.2, -0.15) is 0 Å². The summed E-state index contributed by atoms with van der Waals surface area (Å²) >= 11 is 5.88. The van der Waals surface area contributed by atoms with E-state index in [1.807, 2.05) is 20.8 Å². The Balaban J connectivity index is 0.00000289. The number of hydrogen-bond acceptors (Lipinski definition) is 2. The Kier molecular flexibility index (Phi) is 6.58. The van der Waals surface area contributed by atoms with Crippen LogP contribution in [0.2, 0.25) is 5.02 Å². The Labute approximate surface area is 119 Å². The molecule has 0 fully saturated rings. The Morgan fingerprint density at radius 3 is 2.39 bits per heavy atom. The van der Waals surface area contributed by atoms with E-state index in [1.165, 1.54) is 12.1 Å². The molecule has 0 bridgehead atoms. The normalized spacial score (nSPS) is 14.8. The van der Waals surface area contributed by atoms with Crippen LogP contribution in [0.5, 0.6) is 0 Å². The molecule has 1 aromatic rings. The first kappa shape index (κ1) is 17.6. The molecule has 18 heavy (non-hydrogen) atoms. The highest BCUT2D eigenvalue weighted by atomic mass is 35.5. The second-order valence-corrected chi connectivity index (χ2v) is 5.77. The van der Waals surface area contributed by atoms with Gasteiger partial charge >= 0.3 is 0 Å². The van der Waals surface area contributed by atoms with Gasteiger partial charge in [0.05, 0.1) is 6.10 Å². The van der Waals surface area contributed by atoms with Gasteiger partial charge in [0.1, 0.15) is 5.82 Å². The summed E-state index contributed by atoms with van der Waals surface area (Å²) in [5.74, 6) is -0.494. The maximum absolute atomic E-state index is 13.6. The summed E-state index contributed by atoms with van der Waals surface area (Å²) in [5.41, 5.74) is 5.96. The number of halogens is 3. The van der Waals surface area contributed by atoms with Crippen molar-refractivity contribution in [1.29, 1.82) is 0 Å². The van der Waals surface area contributed by atoms with Crippen molar-refractivity contribution in [2.24, 2.45) is 11.1 Å². The Morgan fingerprint density at radius 2 is 1.94 bits per heavy atom. The largest absolute Gasteiger partial charge is 0.388 e. The summed E-state index contributed by atoms with van der Waals surface area (Å²) in [7, 11) is 0. The molecule has 0 aliphatic rings. The van der Waals surface area contributed by atoms with Crippen molar-refractivity contribution in [2.75, 3.05) is 0 Å². The number of aliphatic hydroxyl groups excluding tert-OH is 1. The predicted molar refractivity (Wildman–Crippen MR) is 75.7 cm³/mol. The van der Waals surface area contributed by atoms with Gasteiger partial charge in [-0.25, -0.2) is 4.39 Å². The Bertz CT molecular complexity index is 373. The van der Waals surface area contributed by atoms with Gasteiger partial charge in [-0.1, -0.05) is 38.4 Å². The van der Waals surface area contributed by atoms with Crippen LogP contribution in [-0.2, 0) is 0 Å². The topological polar surface area (TPSA) is 46.2 Å². The summed E-state index contributed by atoms with van der Waals surface area (Å²) in [6, 6.07) is 4.13. The molecule has 0 saturated carbocycles. The van der Waals surface area contributed by atoms with Crippen molar-refractivity contribution in [3.8, 4) is 0 Å². The second-order valence-electron chi connectivity index (χ2n) is 5.36. The number of aliphatic hydroxyl groups is 1. The first-order chi connectivity index (χ1) is 7.73. The molecule has 0 spiro atoms. The van der Waals surface area contributed by atoms with Crippen LogP contribution in [-0.4, -0.2) is 11.1 Å². The summed E-state index contributed by atoms with van der Waals surface area (Å²) in [4.78, 5) is 0. The van der Waals surface area contributed by atoms with Gasteiger partial charge in [-0.3, -0.25) is 0 Å². The van der Waals surface area contributed by atoms with Gasteiger partial charge in [0.2, 0.25) is 0 Å². The molecule has 0 aromatic heterocycles. The quantitative estimate of drug-likeness (QED) is 0.893. The third kappa shape index (κ3) is 4.39. The molecule has 2 atom stereocenters. The van der Waals surface area contributed by atoms with E-state index in [1.54, 1.807) is 6.07 Å². The highest BCUT2D eigenvalue weighted by molar-refractivity contribution is 6.31. The molecule has 0 aliphatic carbocycles. The molecule has 1 aromatic carbocycles. The molecular weight excluding hydrogens is 276 g/mol. The first-order valence-corrected chi connectivity index (χ1v) is 5.99. The molecule has 0 unspecified atom stereocenters. The van der Waals surface area contributed by atoms with Crippen LogP contribution >= 0.6 is 24.0 Å². The molecule has 0 heterocycles. The summed E-state index contributed by atoms with van der Waals surface area (Å²) in [6.07, 6.45) is -0.692. The van der Waals surface area contributed by atoms with Gasteiger partial charge < -0.3 is 10.8 Å². The number of nitrogens with two attached hydrogens (primary N) is 1. The van der Waals surface area contributed by atoms with Gasteiger partial charge in [0, 0.05) is 16.6 Å². The summed E-state index contributed by atoms with van der Waals surface area (Å²) in [5, 5.41) is 10.2. The van der Waals surface area contributed by atoms with Gasteiger partial charge in [-0.15, -0.1) is 12.4 Å². The lowest BCUT2D eigenvalue weighted by molar-refractivity contribution is 0.130. The van der Waals surface area contributed by atoms with E-state index in [4.69, 9.17) is 17.3 Å². The second kappa shape index (κ2) is 6.71. The third-order valence-electron chi connectivity index (χ3n) is 2.92. The summed E-state index contributed by atoms with van der Waals surface area (Å²) < 4.78 is 13.6. The molecule has 1 rings (SSSR count). The highest BCUT2D eigenvalue weighted by Gasteiger charge is 2.26. The minimum Gasteiger partial charge on any atom is -0.388 e.